The number of sulfone groups is 1. The molecular formula is C26H40F2N4O7S. The zero-order valence-corrected chi connectivity index (χ0v) is 23.9. The molecule has 1 aromatic rings. The summed E-state index contributed by atoms with van der Waals surface area (Å²) in [6.45, 7) is 5.75. The van der Waals surface area contributed by atoms with E-state index in [0.29, 0.717) is 44.2 Å². The molecule has 0 aliphatic carbocycles. The van der Waals surface area contributed by atoms with Gasteiger partial charge in [-0.05, 0) is 30.0 Å². The predicted octanol–water partition coefficient (Wildman–Crippen LogP) is -0.0741. The molecule has 40 heavy (non-hydrogen) atoms. The summed E-state index contributed by atoms with van der Waals surface area (Å²) in [7, 11) is -2.12. The molecule has 4 atom stereocenters. The minimum Gasteiger partial charge on any atom is -0.497 e. The Morgan fingerprint density at radius 2 is 1.88 bits per heavy atom. The van der Waals surface area contributed by atoms with Crippen LogP contribution < -0.4 is 20.7 Å². The number of amides is 2. The number of hydrogen-bond acceptors (Lipinski definition) is 9. The van der Waals surface area contributed by atoms with E-state index in [1.54, 1.807) is 24.3 Å². The van der Waals surface area contributed by atoms with Crippen molar-refractivity contribution < 1.29 is 41.4 Å². The lowest BCUT2D eigenvalue weighted by Crippen LogP contribution is -2.61. The minimum atomic E-state index is -4.17. The van der Waals surface area contributed by atoms with Gasteiger partial charge in [0.05, 0.1) is 43.4 Å². The Morgan fingerprint density at radius 1 is 1.23 bits per heavy atom. The van der Waals surface area contributed by atoms with E-state index in [4.69, 9.17) is 9.47 Å². The quantitative estimate of drug-likeness (QED) is 0.248. The monoisotopic (exact) mass is 590 g/mol. The van der Waals surface area contributed by atoms with Gasteiger partial charge in [-0.15, -0.1) is 0 Å². The van der Waals surface area contributed by atoms with Crippen LogP contribution in [0.1, 0.15) is 25.8 Å². The van der Waals surface area contributed by atoms with Crippen LogP contribution in [0, 0.1) is 5.92 Å². The number of benzene rings is 1. The van der Waals surface area contributed by atoms with E-state index in [1.165, 1.54) is 21.0 Å². The lowest BCUT2D eigenvalue weighted by molar-refractivity contribution is -0.169. The number of nitrogens with zero attached hydrogens (tertiary/aromatic N) is 1. The largest absolute Gasteiger partial charge is 0.497 e. The molecule has 0 radical (unpaired) electrons. The normalized spacial score (nSPS) is 22.1. The maximum atomic E-state index is 14.9. The van der Waals surface area contributed by atoms with Crippen molar-refractivity contribution in [3.05, 3.63) is 29.8 Å². The Hall–Kier alpha value is -2.39. The highest BCUT2D eigenvalue weighted by atomic mass is 32.2. The number of carbonyl (C=O) groups excluding carboxylic acids is 2. The van der Waals surface area contributed by atoms with Gasteiger partial charge < -0.3 is 30.5 Å². The summed E-state index contributed by atoms with van der Waals surface area (Å²) in [5.41, 5.74) is 0.571. The second-order valence-corrected chi connectivity index (χ2v) is 12.8. The molecule has 0 unspecified atom stereocenters. The molecule has 0 bridgehead atoms. The number of halogens is 2. The highest BCUT2D eigenvalue weighted by molar-refractivity contribution is 7.91. The summed E-state index contributed by atoms with van der Waals surface area (Å²) in [6, 6.07) is 4.20. The van der Waals surface area contributed by atoms with Crippen LogP contribution in [0.15, 0.2) is 24.3 Å². The lowest BCUT2D eigenvalue weighted by Gasteiger charge is -2.33. The fourth-order valence-electron chi connectivity index (χ4n) is 4.75. The van der Waals surface area contributed by atoms with Crippen molar-refractivity contribution in [2.75, 3.05) is 53.0 Å². The molecule has 2 amide bonds. The number of morpholine rings is 1. The van der Waals surface area contributed by atoms with E-state index in [1.807, 2.05) is 4.90 Å². The van der Waals surface area contributed by atoms with Gasteiger partial charge in [0, 0.05) is 32.7 Å². The fraction of sp³-hybridized carbons (Fsp3) is 0.692. The number of methoxy groups -OCH3 is 1. The van der Waals surface area contributed by atoms with E-state index in [9.17, 15) is 31.9 Å². The van der Waals surface area contributed by atoms with Crippen LogP contribution in [0.3, 0.4) is 0 Å². The topological polar surface area (TPSA) is 146 Å². The van der Waals surface area contributed by atoms with Crippen molar-refractivity contribution in [3.8, 4) is 5.75 Å². The summed E-state index contributed by atoms with van der Waals surface area (Å²) in [4.78, 5) is 27.2. The van der Waals surface area contributed by atoms with E-state index in [2.05, 4.69) is 16.0 Å². The molecule has 14 heteroatoms. The number of aliphatic hydroxyl groups excluding tert-OH is 1. The zero-order chi connectivity index (χ0) is 29.5. The fourth-order valence-corrected chi connectivity index (χ4v) is 6.48. The van der Waals surface area contributed by atoms with Crippen LogP contribution in [-0.2, 0) is 29.9 Å². The first-order valence-electron chi connectivity index (χ1n) is 13.4. The van der Waals surface area contributed by atoms with Gasteiger partial charge in [0.15, 0.2) is 9.84 Å². The number of aliphatic hydroxyl groups is 1. The summed E-state index contributed by atoms with van der Waals surface area (Å²) in [5, 5.41) is 17.1. The number of hydrogen-bond donors (Lipinski definition) is 4. The summed E-state index contributed by atoms with van der Waals surface area (Å²) < 4.78 is 66.1. The van der Waals surface area contributed by atoms with Gasteiger partial charge in [0.25, 0.3) is 5.91 Å². The third kappa shape index (κ3) is 8.32. The van der Waals surface area contributed by atoms with Gasteiger partial charge in [-0.2, -0.15) is 8.78 Å². The second kappa shape index (κ2) is 14.0. The SMILES string of the molecule is COc1ccc(CS(=O)(=O)[C@H]2CN[C@H](C(=O)N[C@@H](C(C)C)[C@@H](O)C(F)(F)C(=O)NCCN3CCOCC3)C2)cc1. The maximum absolute atomic E-state index is 14.9. The molecule has 4 N–H and O–H groups in total. The predicted molar refractivity (Wildman–Crippen MR) is 144 cm³/mol. The smallest absolute Gasteiger partial charge is 0.351 e. The number of ether oxygens (including phenoxy) is 2. The van der Waals surface area contributed by atoms with Gasteiger partial charge in [-0.1, -0.05) is 26.0 Å². The Bertz CT molecular complexity index is 1100. The summed E-state index contributed by atoms with van der Waals surface area (Å²) in [6.07, 6.45) is -2.54. The molecule has 0 saturated carbocycles. The van der Waals surface area contributed by atoms with Crippen LogP contribution >= 0.6 is 0 Å². The van der Waals surface area contributed by atoms with Crippen molar-refractivity contribution in [2.45, 2.75) is 55.4 Å². The van der Waals surface area contributed by atoms with E-state index in [0.717, 1.165) is 0 Å². The molecular weight excluding hydrogens is 550 g/mol. The molecule has 2 saturated heterocycles. The van der Waals surface area contributed by atoms with Gasteiger partial charge in [-0.25, -0.2) is 8.42 Å². The summed E-state index contributed by atoms with van der Waals surface area (Å²) in [5.74, 6) is -6.79. The highest BCUT2D eigenvalue weighted by Crippen LogP contribution is 2.26. The molecule has 2 aliphatic rings. The first kappa shape index (κ1) is 32.1. The van der Waals surface area contributed by atoms with Crippen LogP contribution in [-0.4, -0.2) is 113 Å². The van der Waals surface area contributed by atoms with Gasteiger partial charge in [-0.3, -0.25) is 14.5 Å². The standard InChI is InChI=1S/C26H40F2N4O7S/c1-17(2)22(23(33)26(27,28)25(35)29-8-9-32-10-12-39-13-11-32)31-24(34)21-14-20(15-30-21)40(36,37)16-18-4-6-19(38-3)7-5-18/h4-7,17,20-23,30,33H,8-16H2,1-3H3,(H,29,35)(H,31,34)/t20-,21+,22+,23-/m1/s1. The Labute approximate surface area is 233 Å². The first-order chi connectivity index (χ1) is 18.8. The number of nitrogens with one attached hydrogen (secondary N) is 3. The number of rotatable bonds is 13. The molecule has 0 spiro atoms. The first-order valence-corrected chi connectivity index (χ1v) is 15.1. The minimum absolute atomic E-state index is 0.0210. The molecule has 226 valence electrons. The molecule has 2 fully saturated rings. The van der Waals surface area contributed by atoms with Crippen LogP contribution in [0.2, 0.25) is 0 Å². The van der Waals surface area contributed by atoms with Crippen molar-refractivity contribution in [2.24, 2.45) is 5.92 Å². The van der Waals surface area contributed by atoms with E-state index >= 15 is 0 Å². The third-order valence-electron chi connectivity index (χ3n) is 7.30. The van der Waals surface area contributed by atoms with Crippen LogP contribution in [0.25, 0.3) is 0 Å². The van der Waals surface area contributed by atoms with Crippen molar-refractivity contribution in [1.29, 1.82) is 0 Å². The maximum Gasteiger partial charge on any atom is 0.351 e. The van der Waals surface area contributed by atoms with Crippen molar-refractivity contribution in [1.82, 2.24) is 20.9 Å². The molecule has 1 aromatic carbocycles. The Balaban J connectivity index is 1.55. The molecule has 0 aromatic heterocycles. The zero-order valence-electron chi connectivity index (χ0n) is 23.1. The summed E-state index contributed by atoms with van der Waals surface area (Å²) >= 11 is 0. The molecule has 3 rings (SSSR count). The third-order valence-corrected chi connectivity index (χ3v) is 9.41. The lowest BCUT2D eigenvalue weighted by atomic mass is 9.93. The van der Waals surface area contributed by atoms with Gasteiger partial charge in [0.2, 0.25) is 5.91 Å². The Morgan fingerprint density at radius 3 is 2.48 bits per heavy atom. The second-order valence-electron chi connectivity index (χ2n) is 10.5. The average molecular weight is 591 g/mol. The molecule has 2 heterocycles. The van der Waals surface area contributed by atoms with Crippen LogP contribution in [0.5, 0.6) is 5.75 Å². The van der Waals surface area contributed by atoms with Crippen molar-refractivity contribution in [3.63, 3.8) is 0 Å². The van der Waals surface area contributed by atoms with Crippen molar-refractivity contribution >= 4 is 21.7 Å². The average Bonchev–Trinajstić information content (AvgIpc) is 3.43. The number of alkyl halides is 2. The van der Waals surface area contributed by atoms with E-state index < -0.39 is 56.9 Å². The number of carbonyl (C=O) groups is 2. The highest BCUT2D eigenvalue weighted by Gasteiger charge is 2.51. The van der Waals surface area contributed by atoms with Crippen LogP contribution in [0.4, 0.5) is 8.78 Å². The van der Waals surface area contributed by atoms with Gasteiger partial charge >= 0.3 is 5.92 Å². The molecule has 2 aliphatic heterocycles. The van der Waals surface area contributed by atoms with Gasteiger partial charge in [0.1, 0.15) is 11.9 Å². The molecule has 11 nitrogen and oxygen atoms in total. The Kier molecular flexibility index (Phi) is 11.2. The van der Waals surface area contributed by atoms with E-state index in [-0.39, 0.29) is 25.3 Å².